The lowest BCUT2D eigenvalue weighted by Gasteiger charge is -2.10. The molecule has 1 rings (SSSR count). The molecule has 1 aromatic rings. The van der Waals surface area contributed by atoms with Gasteiger partial charge >= 0.3 is 0 Å². The van der Waals surface area contributed by atoms with Gasteiger partial charge < -0.3 is 15.3 Å². The Bertz CT molecular complexity index is 345. The standard InChI is InChI=1S/C12H18O3/c1-3-4-5-6-9-11(14)7-10(13)8(2)12(9)15/h7,13-15H,3-6H2,1-2H3. The molecule has 0 saturated carbocycles. The van der Waals surface area contributed by atoms with Crippen molar-refractivity contribution in [1.82, 2.24) is 0 Å². The third-order valence-corrected chi connectivity index (χ3v) is 2.64. The Morgan fingerprint density at radius 2 is 1.73 bits per heavy atom. The van der Waals surface area contributed by atoms with Crippen molar-refractivity contribution in [3.63, 3.8) is 0 Å². The lowest BCUT2D eigenvalue weighted by atomic mass is 10.0. The SMILES string of the molecule is CCCCCc1c(O)cc(O)c(C)c1O. The molecule has 0 heterocycles. The third-order valence-electron chi connectivity index (χ3n) is 2.64. The van der Waals surface area contributed by atoms with E-state index in [9.17, 15) is 15.3 Å². The summed E-state index contributed by atoms with van der Waals surface area (Å²) in [5.74, 6) is -0.0699. The molecule has 0 aliphatic heterocycles. The molecule has 0 aliphatic carbocycles. The van der Waals surface area contributed by atoms with Gasteiger partial charge in [-0.1, -0.05) is 19.8 Å². The van der Waals surface area contributed by atoms with Gasteiger partial charge in [0.2, 0.25) is 0 Å². The molecule has 0 radical (unpaired) electrons. The van der Waals surface area contributed by atoms with Crippen molar-refractivity contribution in [2.75, 3.05) is 0 Å². The Morgan fingerprint density at radius 1 is 1.07 bits per heavy atom. The van der Waals surface area contributed by atoms with Crippen molar-refractivity contribution in [3.05, 3.63) is 17.2 Å². The van der Waals surface area contributed by atoms with Crippen LogP contribution < -0.4 is 0 Å². The first kappa shape index (κ1) is 11.7. The Morgan fingerprint density at radius 3 is 2.33 bits per heavy atom. The number of phenols is 3. The Kier molecular flexibility index (Phi) is 3.83. The minimum Gasteiger partial charge on any atom is -0.507 e. The lowest BCUT2D eigenvalue weighted by Crippen LogP contribution is -1.90. The molecule has 0 aromatic heterocycles. The second-order valence-corrected chi connectivity index (χ2v) is 3.82. The van der Waals surface area contributed by atoms with E-state index >= 15 is 0 Å². The molecule has 0 atom stereocenters. The quantitative estimate of drug-likeness (QED) is 0.670. The van der Waals surface area contributed by atoms with E-state index in [0.29, 0.717) is 17.5 Å². The lowest BCUT2D eigenvalue weighted by molar-refractivity contribution is 0.412. The zero-order chi connectivity index (χ0) is 11.4. The van der Waals surface area contributed by atoms with Crippen molar-refractivity contribution in [1.29, 1.82) is 0 Å². The molecule has 0 unspecified atom stereocenters. The molecule has 0 aliphatic rings. The second-order valence-electron chi connectivity index (χ2n) is 3.82. The summed E-state index contributed by atoms with van der Waals surface area (Å²) >= 11 is 0. The van der Waals surface area contributed by atoms with E-state index in [0.717, 1.165) is 19.3 Å². The summed E-state index contributed by atoms with van der Waals surface area (Å²) in [6, 6.07) is 1.29. The molecular weight excluding hydrogens is 192 g/mol. The fourth-order valence-electron chi connectivity index (χ4n) is 1.59. The van der Waals surface area contributed by atoms with E-state index in [1.54, 1.807) is 6.92 Å². The number of aromatic hydroxyl groups is 3. The highest BCUT2D eigenvalue weighted by Gasteiger charge is 2.13. The maximum Gasteiger partial charge on any atom is 0.129 e. The van der Waals surface area contributed by atoms with Crippen LogP contribution in [0.1, 0.15) is 37.3 Å². The first-order valence-electron chi connectivity index (χ1n) is 5.31. The van der Waals surface area contributed by atoms with Crippen LogP contribution in [0.3, 0.4) is 0 Å². The van der Waals surface area contributed by atoms with Crippen LogP contribution >= 0.6 is 0 Å². The number of hydrogen-bond acceptors (Lipinski definition) is 3. The third kappa shape index (κ3) is 2.55. The average molecular weight is 210 g/mol. The Labute approximate surface area is 90.0 Å². The van der Waals surface area contributed by atoms with Crippen LogP contribution in [-0.4, -0.2) is 15.3 Å². The van der Waals surface area contributed by atoms with Crippen molar-refractivity contribution in [2.45, 2.75) is 39.5 Å². The fourth-order valence-corrected chi connectivity index (χ4v) is 1.59. The van der Waals surface area contributed by atoms with E-state index in [-0.39, 0.29) is 17.2 Å². The van der Waals surface area contributed by atoms with Crippen LogP contribution in [0.5, 0.6) is 17.2 Å². The predicted molar refractivity (Wildman–Crippen MR) is 59.4 cm³/mol. The minimum absolute atomic E-state index is 0.0172. The maximum atomic E-state index is 9.74. The molecule has 3 nitrogen and oxygen atoms in total. The largest absolute Gasteiger partial charge is 0.507 e. The van der Waals surface area contributed by atoms with Gasteiger partial charge in [0.1, 0.15) is 17.2 Å². The molecule has 3 N–H and O–H groups in total. The summed E-state index contributed by atoms with van der Waals surface area (Å²) < 4.78 is 0. The summed E-state index contributed by atoms with van der Waals surface area (Å²) in [6.07, 6.45) is 3.74. The normalized spacial score (nSPS) is 10.5. The van der Waals surface area contributed by atoms with Crippen LogP contribution in [0.2, 0.25) is 0 Å². The van der Waals surface area contributed by atoms with E-state index in [1.165, 1.54) is 6.07 Å². The summed E-state index contributed by atoms with van der Waals surface area (Å²) in [6.45, 7) is 3.73. The van der Waals surface area contributed by atoms with Gasteiger partial charge in [0.05, 0.1) is 0 Å². The second kappa shape index (κ2) is 4.91. The zero-order valence-corrected chi connectivity index (χ0v) is 9.25. The van der Waals surface area contributed by atoms with Gasteiger partial charge in [-0.2, -0.15) is 0 Å². The van der Waals surface area contributed by atoms with Crippen LogP contribution in [0.25, 0.3) is 0 Å². The first-order valence-corrected chi connectivity index (χ1v) is 5.31. The number of rotatable bonds is 4. The number of unbranched alkanes of at least 4 members (excludes halogenated alkanes) is 2. The van der Waals surface area contributed by atoms with E-state index < -0.39 is 0 Å². The Hall–Kier alpha value is -1.38. The minimum atomic E-state index is -0.0655. The summed E-state index contributed by atoms with van der Waals surface area (Å²) in [4.78, 5) is 0. The van der Waals surface area contributed by atoms with Crippen LogP contribution in [-0.2, 0) is 6.42 Å². The number of hydrogen-bond donors (Lipinski definition) is 3. The highest BCUT2D eigenvalue weighted by atomic mass is 16.3. The first-order chi connectivity index (χ1) is 7.07. The maximum absolute atomic E-state index is 9.74. The van der Waals surface area contributed by atoms with Gasteiger partial charge in [-0.15, -0.1) is 0 Å². The summed E-state index contributed by atoms with van der Waals surface area (Å²) in [5.41, 5.74) is 0.970. The average Bonchev–Trinajstić information content (AvgIpc) is 2.20. The van der Waals surface area contributed by atoms with Crippen molar-refractivity contribution in [3.8, 4) is 17.2 Å². The molecule has 15 heavy (non-hydrogen) atoms. The van der Waals surface area contributed by atoms with E-state index in [1.807, 2.05) is 0 Å². The molecule has 0 amide bonds. The highest BCUT2D eigenvalue weighted by molar-refractivity contribution is 5.54. The molecule has 3 heteroatoms. The molecular formula is C12H18O3. The van der Waals surface area contributed by atoms with Gasteiger partial charge in [-0.3, -0.25) is 0 Å². The van der Waals surface area contributed by atoms with Crippen molar-refractivity contribution >= 4 is 0 Å². The highest BCUT2D eigenvalue weighted by Crippen LogP contribution is 2.37. The van der Waals surface area contributed by atoms with Gasteiger partial charge in [0.15, 0.2) is 0 Å². The fraction of sp³-hybridized carbons (Fsp3) is 0.500. The van der Waals surface area contributed by atoms with E-state index in [2.05, 4.69) is 6.92 Å². The van der Waals surface area contributed by atoms with Crippen molar-refractivity contribution < 1.29 is 15.3 Å². The smallest absolute Gasteiger partial charge is 0.129 e. The van der Waals surface area contributed by atoms with Gasteiger partial charge in [-0.25, -0.2) is 0 Å². The monoisotopic (exact) mass is 210 g/mol. The van der Waals surface area contributed by atoms with Gasteiger partial charge in [0.25, 0.3) is 0 Å². The van der Waals surface area contributed by atoms with Crippen LogP contribution in [0.15, 0.2) is 6.07 Å². The van der Waals surface area contributed by atoms with Gasteiger partial charge in [-0.05, 0) is 19.8 Å². The molecule has 0 fully saturated rings. The number of phenolic OH excluding ortho intramolecular Hbond substituents is 3. The number of benzene rings is 1. The predicted octanol–water partition coefficient (Wildman–Crippen LogP) is 2.84. The Balaban J connectivity index is 2.92. The molecule has 84 valence electrons. The molecule has 1 aromatic carbocycles. The molecule has 0 spiro atoms. The van der Waals surface area contributed by atoms with E-state index in [4.69, 9.17) is 0 Å². The molecule has 0 saturated heterocycles. The molecule has 0 bridgehead atoms. The summed E-state index contributed by atoms with van der Waals surface area (Å²) in [5, 5.41) is 28.7. The van der Waals surface area contributed by atoms with Crippen LogP contribution in [0, 0.1) is 6.92 Å². The van der Waals surface area contributed by atoms with Gasteiger partial charge in [0, 0.05) is 17.2 Å². The van der Waals surface area contributed by atoms with Crippen molar-refractivity contribution in [2.24, 2.45) is 0 Å². The van der Waals surface area contributed by atoms with Crippen LogP contribution in [0.4, 0.5) is 0 Å². The zero-order valence-electron chi connectivity index (χ0n) is 9.25. The topological polar surface area (TPSA) is 60.7 Å². The summed E-state index contributed by atoms with van der Waals surface area (Å²) in [7, 11) is 0.